The summed E-state index contributed by atoms with van der Waals surface area (Å²) in [5.74, 6) is 1.90. The second kappa shape index (κ2) is 16.6. The van der Waals surface area contributed by atoms with Crippen molar-refractivity contribution in [3.8, 4) is 23.0 Å². The van der Waals surface area contributed by atoms with Gasteiger partial charge in [-0.25, -0.2) is 4.99 Å². The van der Waals surface area contributed by atoms with Crippen molar-refractivity contribution in [3.63, 3.8) is 0 Å². The van der Waals surface area contributed by atoms with Gasteiger partial charge in [0.2, 0.25) is 11.6 Å². The Morgan fingerprint density at radius 2 is 1.67 bits per heavy atom. The summed E-state index contributed by atoms with van der Waals surface area (Å²) in [6.07, 6.45) is 3.65. The SMILES string of the molecule is COc1cc(CNC(=O)[C@]2(C/C=C/c3ccccc3)N=C(c3ccc(OCCCO)cc3)O[C@@H]2c2ccc(Cl)cc2Cl)cc(OC)c1OC. The number of methoxy groups -OCH3 is 3. The number of aliphatic hydroxyl groups is 1. The number of benzene rings is 4. The van der Waals surface area contributed by atoms with Gasteiger partial charge in [-0.2, -0.15) is 0 Å². The highest BCUT2D eigenvalue weighted by molar-refractivity contribution is 6.35. The molecule has 0 saturated carbocycles. The number of carbonyl (C=O) groups excluding carboxylic acids is 1. The number of rotatable bonds is 15. The smallest absolute Gasteiger partial charge is 0.252 e. The van der Waals surface area contributed by atoms with E-state index in [4.69, 9.17) is 57.0 Å². The van der Waals surface area contributed by atoms with E-state index in [1.807, 2.05) is 54.6 Å². The fraction of sp³-hybridized carbons (Fsp3) is 0.263. The van der Waals surface area contributed by atoms with E-state index >= 15 is 0 Å². The predicted octanol–water partition coefficient (Wildman–Crippen LogP) is 7.46. The van der Waals surface area contributed by atoms with Crippen LogP contribution in [0.5, 0.6) is 23.0 Å². The molecule has 0 fully saturated rings. The molecule has 11 heteroatoms. The maximum absolute atomic E-state index is 14.6. The number of hydrogen-bond donors (Lipinski definition) is 2. The number of amides is 1. The zero-order valence-electron chi connectivity index (χ0n) is 27.5. The Kier molecular flexibility index (Phi) is 12.1. The molecule has 4 aromatic rings. The van der Waals surface area contributed by atoms with Crippen LogP contribution in [0.2, 0.25) is 10.0 Å². The molecule has 256 valence electrons. The molecule has 1 aliphatic heterocycles. The molecule has 1 aliphatic rings. The van der Waals surface area contributed by atoms with Crippen molar-refractivity contribution in [1.82, 2.24) is 5.32 Å². The third kappa shape index (κ3) is 8.31. The van der Waals surface area contributed by atoms with Crippen molar-refractivity contribution in [1.29, 1.82) is 0 Å². The summed E-state index contributed by atoms with van der Waals surface area (Å²) in [5, 5.41) is 13.0. The summed E-state index contributed by atoms with van der Waals surface area (Å²) in [5.41, 5.74) is 1.42. The lowest BCUT2D eigenvalue weighted by Gasteiger charge is -2.30. The molecule has 0 radical (unpaired) electrons. The van der Waals surface area contributed by atoms with Gasteiger partial charge in [0.15, 0.2) is 23.1 Å². The van der Waals surface area contributed by atoms with E-state index in [1.54, 1.807) is 42.5 Å². The van der Waals surface area contributed by atoms with E-state index in [1.165, 1.54) is 21.3 Å². The molecule has 0 saturated heterocycles. The Labute approximate surface area is 296 Å². The lowest BCUT2D eigenvalue weighted by molar-refractivity contribution is -0.129. The first-order chi connectivity index (χ1) is 23.8. The molecule has 1 heterocycles. The summed E-state index contributed by atoms with van der Waals surface area (Å²) < 4.78 is 28.8. The van der Waals surface area contributed by atoms with Crippen LogP contribution in [-0.4, -0.2) is 57.0 Å². The summed E-state index contributed by atoms with van der Waals surface area (Å²) in [4.78, 5) is 19.7. The Bertz CT molecular complexity index is 1770. The van der Waals surface area contributed by atoms with Crippen LogP contribution in [-0.2, 0) is 16.1 Å². The van der Waals surface area contributed by atoms with Crippen LogP contribution < -0.4 is 24.3 Å². The molecular weight excluding hydrogens is 667 g/mol. The van der Waals surface area contributed by atoms with Gasteiger partial charge in [0.05, 0.1) is 27.9 Å². The third-order valence-electron chi connectivity index (χ3n) is 7.99. The first-order valence-corrected chi connectivity index (χ1v) is 16.4. The van der Waals surface area contributed by atoms with Crippen molar-refractivity contribution in [2.75, 3.05) is 34.5 Å². The topological polar surface area (TPSA) is 108 Å². The van der Waals surface area contributed by atoms with E-state index < -0.39 is 11.6 Å². The minimum atomic E-state index is -1.48. The molecule has 1 amide bonds. The fourth-order valence-electron chi connectivity index (χ4n) is 5.52. The maximum Gasteiger partial charge on any atom is 0.252 e. The number of hydrogen-bond acceptors (Lipinski definition) is 8. The fourth-order valence-corrected chi connectivity index (χ4v) is 6.03. The van der Waals surface area contributed by atoms with Crippen molar-refractivity contribution < 1.29 is 33.6 Å². The van der Waals surface area contributed by atoms with Crippen LogP contribution in [0.25, 0.3) is 6.08 Å². The van der Waals surface area contributed by atoms with Crippen LogP contribution in [0.1, 0.15) is 41.2 Å². The molecule has 0 aromatic heterocycles. The lowest BCUT2D eigenvalue weighted by atomic mass is 9.84. The predicted molar refractivity (Wildman–Crippen MR) is 191 cm³/mol. The molecule has 5 rings (SSSR count). The first-order valence-electron chi connectivity index (χ1n) is 15.7. The Balaban J connectivity index is 1.56. The average Bonchev–Trinajstić information content (AvgIpc) is 3.51. The third-order valence-corrected chi connectivity index (χ3v) is 8.55. The molecule has 0 spiro atoms. The first kappa shape index (κ1) is 35.6. The molecule has 49 heavy (non-hydrogen) atoms. The number of aliphatic hydroxyl groups excluding tert-OH is 1. The van der Waals surface area contributed by atoms with Gasteiger partial charge in [0, 0.05) is 47.2 Å². The van der Waals surface area contributed by atoms with E-state index in [9.17, 15) is 4.79 Å². The molecule has 0 aliphatic carbocycles. The Morgan fingerprint density at radius 1 is 0.959 bits per heavy atom. The molecule has 9 nitrogen and oxygen atoms in total. The van der Waals surface area contributed by atoms with E-state index in [0.29, 0.717) is 57.2 Å². The zero-order chi connectivity index (χ0) is 34.8. The maximum atomic E-state index is 14.6. The molecule has 0 unspecified atom stereocenters. The minimum absolute atomic E-state index is 0.0415. The van der Waals surface area contributed by atoms with E-state index in [0.717, 1.165) is 11.1 Å². The summed E-state index contributed by atoms with van der Waals surface area (Å²) in [6.45, 7) is 0.554. The van der Waals surface area contributed by atoms with Crippen LogP contribution >= 0.6 is 23.2 Å². The van der Waals surface area contributed by atoms with Crippen molar-refractivity contribution >= 4 is 41.1 Å². The number of aliphatic imine (C=N–C) groups is 1. The van der Waals surface area contributed by atoms with E-state index in [-0.39, 0.29) is 31.4 Å². The van der Waals surface area contributed by atoms with Crippen LogP contribution in [0.15, 0.2) is 96.0 Å². The standard InChI is InChI=1S/C38H38Cl2N2O7/c1-45-32-21-26(22-33(46-2)34(32)47-3)24-41-37(44)38(18-7-11-25-9-5-4-6-10-25)35(30-17-14-28(39)23-31(30)40)49-36(42-38)27-12-15-29(16-13-27)48-20-8-19-43/h4-7,9-17,21-23,35,43H,8,18-20,24H2,1-3H3,(H,41,44)/b11-7+/t35-,38-/m1/s1. The van der Waals surface area contributed by atoms with Gasteiger partial charge in [0.25, 0.3) is 5.91 Å². The zero-order valence-corrected chi connectivity index (χ0v) is 29.0. The van der Waals surface area contributed by atoms with Crippen molar-refractivity contribution in [3.05, 3.63) is 123 Å². The highest BCUT2D eigenvalue weighted by Gasteiger charge is 2.53. The number of nitrogens with zero attached hydrogens (tertiary/aromatic N) is 1. The quantitative estimate of drug-likeness (QED) is 0.124. The van der Waals surface area contributed by atoms with Crippen LogP contribution in [0.3, 0.4) is 0 Å². The largest absolute Gasteiger partial charge is 0.494 e. The minimum Gasteiger partial charge on any atom is -0.494 e. The van der Waals surface area contributed by atoms with Crippen LogP contribution in [0, 0.1) is 0 Å². The second-order valence-electron chi connectivity index (χ2n) is 11.2. The average molecular weight is 706 g/mol. The van der Waals surface area contributed by atoms with Crippen molar-refractivity contribution in [2.45, 2.75) is 31.0 Å². The highest BCUT2D eigenvalue weighted by atomic mass is 35.5. The monoisotopic (exact) mass is 704 g/mol. The Hall–Kier alpha value is -4.70. The molecule has 0 bridgehead atoms. The molecule has 4 aromatic carbocycles. The summed E-state index contributed by atoms with van der Waals surface area (Å²) in [6, 6.07) is 25.7. The summed E-state index contributed by atoms with van der Waals surface area (Å²) >= 11 is 13.1. The van der Waals surface area contributed by atoms with Gasteiger partial charge in [0.1, 0.15) is 5.75 Å². The van der Waals surface area contributed by atoms with Gasteiger partial charge in [-0.1, -0.05) is 71.8 Å². The van der Waals surface area contributed by atoms with Gasteiger partial charge in [-0.3, -0.25) is 4.79 Å². The normalized spacial score (nSPS) is 16.9. The summed E-state index contributed by atoms with van der Waals surface area (Å²) in [7, 11) is 4.60. The molecular formula is C38H38Cl2N2O7. The van der Waals surface area contributed by atoms with Gasteiger partial charge < -0.3 is 34.1 Å². The second-order valence-corrected chi connectivity index (χ2v) is 12.0. The Morgan fingerprint density at radius 3 is 2.31 bits per heavy atom. The van der Waals surface area contributed by atoms with Gasteiger partial charge >= 0.3 is 0 Å². The van der Waals surface area contributed by atoms with Gasteiger partial charge in [-0.05, 0) is 59.7 Å². The number of ether oxygens (including phenoxy) is 5. The van der Waals surface area contributed by atoms with E-state index in [2.05, 4.69) is 5.32 Å². The lowest BCUT2D eigenvalue weighted by Crippen LogP contribution is -2.47. The molecule has 2 N–H and O–H groups in total. The van der Waals surface area contributed by atoms with Crippen molar-refractivity contribution in [2.24, 2.45) is 4.99 Å². The molecule has 2 atom stereocenters. The van der Waals surface area contributed by atoms with Gasteiger partial charge in [-0.15, -0.1) is 0 Å². The number of nitrogens with one attached hydrogen (secondary N) is 1. The number of carbonyl (C=O) groups is 1. The highest BCUT2D eigenvalue weighted by Crippen LogP contribution is 2.46. The van der Waals surface area contributed by atoms with Crippen LogP contribution in [0.4, 0.5) is 0 Å². The number of halogens is 2.